The van der Waals surface area contributed by atoms with Gasteiger partial charge in [-0.1, -0.05) is 0 Å². The predicted octanol–water partition coefficient (Wildman–Crippen LogP) is 1.68. The Morgan fingerprint density at radius 1 is 1.31 bits per heavy atom. The zero-order chi connectivity index (χ0) is 17.9. The number of carbonyl (C=O) groups is 1. The van der Waals surface area contributed by atoms with Gasteiger partial charge >= 0.3 is 0 Å². The number of aromatic nitrogens is 2. The molecule has 6 nitrogen and oxygen atoms in total. The molecule has 0 spiro atoms. The van der Waals surface area contributed by atoms with E-state index in [1.54, 1.807) is 17.5 Å². The number of aryl methyl sites for hydroxylation is 1. The molecule has 4 heterocycles. The van der Waals surface area contributed by atoms with Gasteiger partial charge in [-0.3, -0.25) is 9.48 Å². The van der Waals surface area contributed by atoms with Gasteiger partial charge in [0.15, 0.2) is 0 Å². The Kier molecular flexibility index (Phi) is 5.38. The number of likely N-dealkylation sites (N-methyl/N-ethyl adjacent to an activating group) is 1. The van der Waals surface area contributed by atoms with E-state index in [4.69, 9.17) is 0 Å². The first-order valence-electron chi connectivity index (χ1n) is 9.45. The van der Waals surface area contributed by atoms with Gasteiger partial charge < -0.3 is 15.1 Å². The van der Waals surface area contributed by atoms with Crippen LogP contribution in [0.1, 0.15) is 28.0 Å². The molecular formula is C19H27N5OS. The molecule has 0 unspecified atom stereocenters. The fourth-order valence-electron chi connectivity index (χ4n) is 3.85. The number of hydrogen-bond acceptors (Lipinski definition) is 5. The minimum absolute atomic E-state index is 0.159. The summed E-state index contributed by atoms with van der Waals surface area (Å²) in [7, 11) is 2.11. The van der Waals surface area contributed by atoms with E-state index >= 15 is 0 Å². The van der Waals surface area contributed by atoms with Crippen LogP contribution >= 0.6 is 11.3 Å². The Balaban J connectivity index is 1.37. The first-order chi connectivity index (χ1) is 12.7. The summed E-state index contributed by atoms with van der Waals surface area (Å²) >= 11 is 1.74. The number of nitrogens with zero attached hydrogens (tertiary/aromatic N) is 4. The first-order valence-corrected chi connectivity index (χ1v) is 10.4. The molecule has 2 aromatic heterocycles. The average Bonchev–Trinajstić information content (AvgIpc) is 3.31. The largest absolute Gasteiger partial charge is 0.336 e. The van der Waals surface area contributed by atoms with Crippen molar-refractivity contribution in [1.82, 2.24) is 24.9 Å². The van der Waals surface area contributed by atoms with Gasteiger partial charge in [0.05, 0.1) is 17.5 Å². The Morgan fingerprint density at radius 3 is 2.92 bits per heavy atom. The number of rotatable bonds is 5. The van der Waals surface area contributed by atoms with Crippen molar-refractivity contribution in [2.24, 2.45) is 5.92 Å². The molecule has 1 fully saturated rings. The molecule has 140 valence electrons. The fraction of sp³-hybridized carbons (Fsp3) is 0.579. The van der Waals surface area contributed by atoms with E-state index < -0.39 is 0 Å². The minimum atomic E-state index is 0.159. The molecule has 2 aliphatic rings. The zero-order valence-corrected chi connectivity index (χ0v) is 16.2. The number of piperazine rings is 1. The van der Waals surface area contributed by atoms with E-state index in [-0.39, 0.29) is 5.91 Å². The smallest absolute Gasteiger partial charge is 0.257 e. The molecule has 2 aromatic rings. The van der Waals surface area contributed by atoms with Crippen LogP contribution in [0, 0.1) is 5.92 Å². The van der Waals surface area contributed by atoms with Crippen LogP contribution in [0.25, 0.3) is 0 Å². The summed E-state index contributed by atoms with van der Waals surface area (Å²) < 4.78 is 2.04. The van der Waals surface area contributed by atoms with Gasteiger partial charge in [-0.05, 0) is 54.7 Å². The molecule has 1 amide bonds. The third-order valence-electron chi connectivity index (χ3n) is 5.54. The maximum absolute atomic E-state index is 13.0. The van der Waals surface area contributed by atoms with Crippen LogP contribution in [-0.4, -0.2) is 65.3 Å². The number of fused-ring (bicyclic) bond motifs is 1. The van der Waals surface area contributed by atoms with E-state index in [0.717, 1.165) is 69.9 Å². The monoisotopic (exact) mass is 373 g/mol. The van der Waals surface area contributed by atoms with Crippen LogP contribution in [0.3, 0.4) is 0 Å². The lowest BCUT2D eigenvalue weighted by atomic mass is 9.94. The standard InChI is InChI=1S/C19H27N5OS/c1-22-5-7-23(8-6-22)19(25)17-13-21-24-4-2-15(10-18(17)24)11-20-12-16-3-9-26-14-16/h3,9,13-15,20H,2,4-8,10-12H2,1H3/t15-/m1/s1. The van der Waals surface area contributed by atoms with Crippen molar-refractivity contribution in [3.63, 3.8) is 0 Å². The predicted molar refractivity (Wildman–Crippen MR) is 103 cm³/mol. The second kappa shape index (κ2) is 7.90. The quantitative estimate of drug-likeness (QED) is 0.867. The molecule has 2 aliphatic heterocycles. The molecule has 4 rings (SSSR count). The topological polar surface area (TPSA) is 53.4 Å². The van der Waals surface area contributed by atoms with Crippen molar-refractivity contribution in [2.45, 2.75) is 25.9 Å². The fourth-order valence-corrected chi connectivity index (χ4v) is 4.51. The normalized spacial score (nSPS) is 21.0. The van der Waals surface area contributed by atoms with Gasteiger partial charge in [-0.2, -0.15) is 16.4 Å². The molecule has 0 bridgehead atoms. The molecular weight excluding hydrogens is 346 g/mol. The van der Waals surface area contributed by atoms with Crippen molar-refractivity contribution in [2.75, 3.05) is 39.8 Å². The van der Waals surface area contributed by atoms with Gasteiger partial charge in [-0.25, -0.2) is 0 Å². The third kappa shape index (κ3) is 3.84. The maximum Gasteiger partial charge on any atom is 0.257 e. The van der Waals surface area contributed by atoms with E-state index in [1.165, 1.54) is 5.56 Å². The highest BCUT2D eigenvalue weighted by Gasteiger charge is 2.28. The van der Waals surface area contributed by atoms with Crippen molar-refractivity contribution >= 4 is 17.2 Å². The Hall–Kier alpha value is -1.70. The van der Waals surface area contributed by atoms with E-state index in [2.05, 4.69) is 39.2 Å². The van der Waals surface area contributed by atoms with Crippen molar-refractivity contribution < 1.29 is 4.79 Å². The Labute approximate surface area is 158 Å². The lowest BCUT2D eigenvalue weighted by molar-refractivity contribution is 0.0662. The summed E-state index contributed by atoms with van der Waals surface area (Å²) in [6.45, 7) is 6.34. The van der Waals surface area contributed by atoms with Crippen molar-refractivity contribution in [1.29, 1.82) is 0 Å². The van der Waals surface area contributed by atoms with Crippen LogP contribution in [0.5, 0.6) is 0 Å². The van der Waals surface area contributed by atoms with Crippen LogP contribution in [-0.2, 0) is 19.5 Å². The number of nitrogens with one attached hydrogen (secondary N) is 1. The van der Waals surface area contributed by atoms with Gasteiger partial charge in [0.25, 0.3) is 5.91 Å². The molecule has 1 atom stereocenters. The number of carbonyl (C=O) groups excluding carboxylic acids is 1. The molecule has 0 aliphatic carbocycles. The third-order valence-corrected chi connectivity index (χ3v) is 6.28. The summed E-state index contributed by atoms with van der Waals surface area (Å²) in [4.78, 5) is 17.2. The van der Waals surface area contributed by atoms with Crippen molar-refractivity contribution in [3.05, 3.63) is 39.8 Å². The summed E-state index contributed by atoms with van der Waals surface area (Å²) in [6, 6.07) is 2.17. The molecule has 7 heteroatoms. The van der Waals surface area contributed by atoms with Crippen LogP contribution in [0.4, 0.5) is 0 Å². The Morgan fingerprint density at radius 2 is 2.15 bits per heavy atom. The zero-order valence-electron chi connectivity index (χ0n) is 15.4. The second-order valence-corrected chi connectivity index (χ2v) is 8.22. The molecule has 1 saturated heterocycles. The lowest BCUT2D eigenvalue weighted by Crippen LogP contribution is -2.47. The van der Waals surface area contributed by atoms with E-state index in [1.807, 2.05) is 9.58 Å². The second-order valence-electron chi connectivity index (χ2n) is 7.44. The van der Waals surface area contributed by atoms with Gasteiger partial charge in [0.1, 0.15) is 0 Å². The lowest BCUT2D eigenvalue weighted by Gasteiger charge is -2.32. The van der Waals surface area contributed by atoms with Crippen LogP contribution < -0.4 is 5.32 Å². The number of amides is 1. The Bertz CT molecular complexity index is 733. The summed E-state index contributed by atoms with van der Waals surface area (Å²) in [5, 5.41) is 12.4. The highest BCUT2D eigenvalue weighted by Crippen LogP contribution is 2.24. The first kappa shape index (κ1) is 17.7. The molecule has 0 aromatic carbocycles. The number of thiophene rings is 1. The highest BCUT2D eigenvalue weighted by molar-refractivity contribution is 7.07. The molecule has 26 heavy (non-hydrogen) atoms. The summed E-state index contributed by atoms with van der Waals surface area (Å²) in [5.41, 5.74) is 3.29. The number of hydrogen-bond donors (Lipinski definition) is 1. The van der Waals surface area contributed by atoms with Crippen molar-refractivity contribution in [3.8, 4) is 0 Å². The van der Waals surface area contributed by atoms with Crippen LogP contribution in [0.2, 0.25) is 0 Å². The van der Waals surface area contributed by atoms with E-state index in [0.29, 0.717) is 5.92 Å². The average molecular weight is 374 g/mol. The summed E-state index contributed by atoms with van der Waals surface area (Å²) in [5.74, 6) is 0.725. The highest BCUT2D eigenvalue weighted by atomic mass is 32.1. The van der Waals surface area contributed by atoms with Gasteiger partial charge in [0, 0.05) is 39.3 Å². The minimum Gasteiger partial charge on any atom is -0.336 e. The SMILES string of the molecule is CN1CCN(C(=O)c2cnn3c2C[C@H](CNCc2ccsc2)CC3)CC1. The van der Waals surface area contributed by atoms with Gasteiger partial charge in [0.2, 0.25) is 0 Å². The molecule has 0 radical (unpaired) electrons. The summed E-state index contributed by atoms with van der Waals surface area (Å²) in [6.07, 6.45) is 3.84. The molecule has 1 N–H and O–H groups in total. The van der Waals surface area contributed by atoms with Gasteiger partial charge in [-0.15, -0.1) is 0 Å². The van der Waals surface area contributed by atoms with Crippen LogP contribution in [0.15, 0.2) is 23.0 Å². The van der Waals surface area contributed by atoms with E-state index in [9.17, 15) is 4.79 Å². The molecule has 0 saturated carbocycles. The maximum atomic E-state index is 13.0.